The first-order chi connectivity index (χ1) is 14.6. The number of carbonyl (C=O) groups is 1. The van der Waals surface area contributed by atoms with Gasteiger partial charge in [0.1, 0.15) is 10.8 Å². The number of fused-ring (bicyclic) bond motifs is 1. The number of aryl methyl sites for hydroxylation is 2. The molecule has 0 spiro atoms. The number of carbonyl (C=O) groups excluding carboxylic acids is 1. The van der Waals surface area contributed by atoms with Crippen LogP contribution in [0.1, 0.15) is 45.1 Å². The van der Waals surface area contributed by atoms with Crippen molar-refractivity contribution in [2.75, 3.05) is 12.4 Å². The van der Waals surface area contributed by atoms with Crippen LogP contribution >= 0.6 is 22.9 Å². The molecule has 0 radical (unpaired) electrons. The first kappa shape index (κ1) is 21.7. The van der Waals surface area contributed by atoms with Crippen molar-refractivity contribution in [1.29, 1.82) is 0 Å². The summed E-state index contributed by atoms with van der Waals surface area (Å²) in [6.45, 7) is 2.05. The Bertz CT molecular complexity index is 1110. The zero-order valence-corrected chi connectivity index (χ0v) is 18.5. The molecule has 4 heterocycles. The smallest absolute Gasteiger partial charge is 0.361 e. The Morgan fingerprint density at radius 1 is 1.42 bits per heavy atom. The average Bonchev–Trinajstić information content (AvgIpc) is 3.40. The van der Waals surface area contributed by atoms with Gasteiger partial charge in [0.05, 0.1) is 11.7 Å². The Kier molecular flexibility index (Phi) is 5.50. The molecular weight excluding hydrogens is 453 g/mol. The quantitative estimate of drug-likeness (QED) is 0.604. The third-order valence-electron chi connectivity index (χ3n) is 5.25. The van der Waals surface area contributed by atoms with Gasteiger partial charge in [0.2, 0.25) is 0 Å². The summed E-state index contributed by atoms with van der Waals surface area (Å²) in [7, 11) is 3.32. The van der Waals surface area contributed by atoms with Crippen molar-refractivity contribution >= 4 is 34.7 Å². The number of nitrogens with zero attached hydrogens (tertiary/aromatic N) is 5. The molecule has 2 atom stereocenters. The Morgan fingerprint density at radius 2 is 2.16 bits per heavy atom. The van der Waals surface area contributed by atoms with Crippen molar-refractivity contribution in [3.05, 3.63) is 50.6 Å². The van der Waals surface area contributed by atoms with E-state index in [0.717, 1.165) is 20.8 Å². The predicted molar refractivity (Wildman–Crippen MR) is 111 cm³/mol. The summed E-state index contributed by atoms with van der Waals surface area (Å²) in [6, 6.07) is 1.08. The van der Waals surface area contributed by atoms with Crippen LogP contribution in [-0.2, 0) is 13.6 Å². The van der Waals surface area contributed by atoms with Crippen LogP contribution in [0, 0.1) is 6.92 Å². The second-order valence-corrected chi connectivity index (χ2v) is 8.89. The van der Waals surface area contributed by atoms with Gasteiger partial charge in [-0.25, -0.2) is 4.68 Å². The van der Waals surface area contributed by atoms with Crippen LogP contribution in [0.5, 0.6) is 0 Å². The number of hydrogen-bond acceptors (Lipinski definition) is 5. The van der Waals surface area contributed by atoms with Gasteiger partial charge in [0.25, 0.3) is 5.91 Å². The number of anilines is 1. The zero-order valence-electron chi connectivity index (χ0n) is 16.9. The van der Waals surface area contributed by atoms with E-state index in [1.54, 1.807) is 42.5 Å². The van der Waals surface area contributed by atoms with E-state index in [1.165, 1.54) is 16.2 Å². The van der Waals surface area contributed by atoms with Gasteiger partial charge in [-0.2, -0.15) is 23.4 Å². The first-order valence-corrected chi connectivity index (χ1v) is 10.7. The van der Waals surface area contributed by atoms with Crippen LogP contribution in [0.2, 0.25) is 5.02 Å². The molecule has 4 rings (SSSR count). The first-order valence-electron chi connectivity index (χ1n) is 9.45. The highest BCUT2D eigenvalue weighted by Gasteiger charge is 2.48. The van der Waals surface area contributed by atoms with Crippen LogP contribution in [0.15, 0.2) is 23.7 Å². The lowest BCUT2D eigenvalue weighted by Gasteiger charge is -2.32. The van der Waals surface area contributed by atoms with Crippen molar-refractivity contribution in [2.45, 2.75) is 38.1 Å². The standard InChI is InChI=1S/C19H20ClF3N6OS/c1-10-11(9-28(3)25-10)8-27(2)18(30)16-15(20)17-24-12(13-5-4-6-31-13)7-14(19(21,22)23)29(17)26-16/h4-6,9,12,14,24H,7-8H2,1-3H3/t12-,14+/m0/s1. The summed E-state index contributed by atoms with van der Waals surface area (Å²) < 4.78 is 43.9. The molecule has 1 aliphatic rings. The second kappa shape index (κ2) is 7.86. The normalized spacial score (nSPS) is 18.5. The van der Waals surface area contributed by atoms with Crippen molar-refractivity contribution in [3.63, 3.8) is 0 Å². The highest BCUT2D eigenvalue weighted by atomic mass is 35.5. The topological polar surface area (TPSA) is 68.0 Å². The minimum absolute atomic E-state index is 0.00273. The fraction of sp³-hybridized carbons (Fsp3) is 0.421. The van der Waals surface area contributed by atoms with E-state index in [2.05, 4.69) is 15.5 Å². The van der Waals surface area contributed by atoms with Gasteiger partial charge in [-0.1, -0.05) is 17.7 Å². The maximum absolute atomic E-state index is 13.8. The van der Waals surface area contributed by atoms with E-state index >= 15 is 0 Å². The molecular formula is C19H20ClF3N6OS. The van der Waals surface area contributed by atoms with Gasteiger partial charge >= 0.3 is 6.18 Å². The molecule has 3 aromatic rings. The van der Waals surface area contributed by atoms with E-state index in [1.807, 2.05) is 6.92 Å². The zero-order chi connectivity index (χ0) is 22.5. The number of rotatable bonds is 4. The molecule has 1 aliphatic heterocycles. The van der Waals surface area contributed by atoms with Crippen LogP contribution in [0.3, 0.4) is 0 Å². The molecule has 1 amide bonds. The Labute approximate surface area is 185 Å². The molecule has 0 unspecified atom stereocenters. The van der Waals surface area contributed by atoms with Crippen molar-refractivity contribution in [2.24, 2.45) is 7.05 Å². The average molecular weight is 473 g/mol. The summed E-state index contributed by atoms with van der Waals surface area (Å²) in [5.74, 6) is -0.562. The minimum Gasteiger partial charge on any atom is -0.361 e. The second-order valence-electron chi connectivity index (χ2n) is 7.54. The molecule has 1 N–H and O–H groups in total. The molecule has 3 aromatic heterocycles. The summed E-state index contributed by atoms with van der Waals surface area (Å²) in [5.41, 5.74) is 1.37. The highest BCUT2D eigenvalue weighted by molar-refractivity contribution is 7.10. The largest absolute Gasteiger partial charge is 0.410 e. The fourth-order valence-electron chi connectivity index (χ4n) is 3.71. The molecule has 0 aromatic carbocycles. The van der Waals surface area contributed by atoms with Gasteiger partial charge in [-0.05, 0) is 18.4 Å². The molecule has 0 saturated heterocycles. The number of aromatic nitrogens is 4. The molecule has 12 heteroatoms. The van der Waals surface area contributed by atoms with Crippen molar-refractivity contribution in [3.8, 4) is 0 Å². The third kappa shape index (κ3) is 4.03. The number of nitrogens with one attached hydrogen (secondary N) is 1. The molecule has 31 heavy (non-hydrogen) atoms. The molecule has 0 fully saturated rings. The van der Waals surface area contributed by atoms with Gasteiger partial charge in [-0.3, -0.25) is 9.48 Å². The van der Waals surface area contributed by atoms with Crippen LogP contribution in [-0.4, -0.2) is 43.6 Å². The maximum atomic E-state index is 13.8. The van der Waals surface area contributed by atoms with Crippen LogP contribution in [0.4, 0.5) is 19.0 Å². The summed E-state index contributed by atoms with van der Waals surface area (Å²) >= 11 is 7.75. The van der Waals surface area contributed by atoms with Crippen LogP contribution in [0.25, 0.3) is 0 Å². The van der Waals surface area contributed by atoms with E-state index in [-0.39, 0.29) is 29.5 Å². The Balaban J connectivity index is 1.67. The molecule has 0 saturated carbocycles. The Morgan fingerprint density at radius 3 is 2.74 bits per heavy atom. The molecule has 166 valence electrons. The number of halogens is 4. The lowest BCUT2D eigenvalue weighted by molar-refractivity contribution is -0.173. The van der Waals surface area contributed by atoms with Gasteiger partial charge in [-0.15, -0.1) is 11.3 Å². The predicted octanol–water partition coefficient (Wildman–Crippen LogP) is 4.57. The number of thiophene rings is 1. The monoisotopic (exact) mass is 472 g/mol. The molecule has 0 aliphatic carbocycles. The van der Waals surface area contributed by atoms with Gasteiger partial charge in [0.15, 0.2) is 11.7 Å². The third-order valence-corrected chi connectivity index (χ3v) is 6.60. The highest BCUT2D eigenvalue weighted by Crippen LogP contribution is 2.46. The molecule has 0 bridgehead atoms. The number of hydrogen-bond donors (Lipinski definition) is 1. The lowest BCUT2D eigenvalue weighted by Crippen LogP contribution is -2.35. The lowest BCUT2D eigenvalue weighted by atomic mass is 10.0. The summed E-state index contributed by atoms with van der Waals surface area (Å²) in [4.78, 5) is 15.1. The van der Waals surface area contributed by atoms with Gasteiger partial charge < -0.3 is 10.2 Å². The SMILES string of the molecule is Cc1nn(C)cc1CN(C)C(=O)c1nn2c(c1Cl)N[C@H](c1cccs1)C[C@@H]2C(F)(F)F. The summed E-state index contributed by atoms with van der Waals surface area (Å²) in [6.07, 6.45) is -3.00. The van der Waals surface area contributed by atoms with Gasteiger partial charge in [0, 0.05) is 43.7 Å². The fourth-order valence-corrected chi connectivity index (χ4v) is 4.76. The van der Waals surface area contributed by atoms with E-state index < -0.39 is 24.2 Å². The van der Waals surface area contributed by atoms with E-state index in [0.29, 0.717) is 0 Å². The minimum atomic E-state index is -4.54. The van der Waals surface area contributed by atoms with Crippen LogP contribution < -0.4 is 5.32 Å². The van der Waals surface area contributed by atoms with E-state index in [9.17, 15) is 18.0 Å². The number of alkyl halides is 3. The van der Waals surface area contributed by atoms with E-state index in [4.69, 9.17) is 11.6 Å². The Hall–Kier alpha value is -2.53. The molecule has 7 nitrogen and oxygen atoms in total. The summed E-state index contributed by atoms with van der Waals surface area (Å²) in [5, 5.41) is 13.0. The van der Waals surface area contributed by atoms with Crippen molar-refractivity contribution in [1.82, 2.24) is 24.5 Å². The van der Waals surface area contributed by atoms with Crippen molar-refractivity contribution < 1.29 is 18.0 Å². The number of amides is 1. The maximum Gasteiger partial charge on any atom is 0.410 e.